The molecule has 0 saturated carbocycles. The maximum absolute atomic E-state index is 11.3. The van der Waals surface area contributed by atoms with E-state index >= 15 is 0 Å². The Kier molecular flexibility index (Phi) is 5.93. The predicted octanol–water partition coefficient (Wildman–Crippen LogP) is 0.373. The van der Waals surface area contributed by atoms with Crippen LogP contribution in [0.25, 0.3) is 0 Å². The summed E-state index contributed by atoms with van der Waals surface area (Å²) in [5.41, 5.74) is 0. The maximum atomic E-state index is 11.3. The molecule has 0 fully saturated rings. The lowest BCUT2D eigenvalue weighted by atomic mass is 10.1. The normalized spacial score (nSPS) is 14.7. The van der Waals surface area contributed by atoms with E-state index in [1.165, 1.54) is 6.92 Å². The minimum Gasteiger partial charge on any atom is -0.480 e. The second-order valence-corrected chi connectivity index (χ2v) is 4.06. The number of aliphatic hydroxyl groups is 1. The van der Waals surface area contributed by atoms with E-state index in [4.69, 9.17) is 10.2 Å². The highest BCUT2D eigenvalue weighted by Gasteiger charge is 2.24. The van der Waals surface area contributed by atoms with E-state index in [-0.39, 0.29) is 12.3 Å². The Labute approximate surface area is 89.5 Å². The molecule has 2 unspecified atom stereocenters. The SMILES string of the molecule is CC(C)CCC(=O)NC(C(=O)O)C(C)O. The molecule has 0 saturated heterocycles. The fourth-order valence-electron chi connectivity index (χ4n) is 1.05. The average molecular weight is 217 g/mol. The summed E-state index contributed by atoms with van der Waals surface area (Å²) >= 11 is 0. The molecule has 0 aliphatic rings. The zero-order chi connectivity index (χ0) is 12.0. The molecular weight excluding hydrogens is 198 g/mol. The molecule has 0 aliphatic heterocycles. The molecule has 0 heterocycles. The molecule has 0 bridgehead atoms. The van der Waals surface area contributed by atoms with E-state index in [9.17, 15) is 9.59 Å². The van der Waals surface area contributed by atoms with Gasteiger partial charge in [-0.05, 0) is 19.3 Å². The number of carboxylic acid groups (broad SMARTS) is 1. The van der Waals surface area contributed by atoms with E-state index in [0.29, 0.717) is 12.3 Å². The highest BCUT2D eigenvalue weighted by Crippen LogP contribution is 2.03. The number of hydrogen-bond acceptors (Lipinski definition) is 3. The smallest absolute Gasteiger partial charge is 0.328 e. The van der Waals surface area contributed by atoms with Crippen LogP contribution in [0.15, 0.2) is 0 Å². The Morgan fingerprint density at radius 1 is 1.27 bits per heavy atom. The van der Waals surface area contributed by atoms with Crippen LogP contribution in [0, 0.1) is 5.92 Å². The third kappa shape index (κ3) is 6.06. The van der Waals surface area contributed by atoms with Gasteiger partial charge in [0.1, 0.15) is 0 Å². The molecular formula is C10H19NO4. The maximum Gasteiger partial charge on any atom is 0.328 e. The van der Waals surface area contributed by atoms with Crippen LogP contribution in [0.5, 0.6) is 0 Å². The van der Waals surface area contributed by atoms with Crippen molar-refractivity contribution in [2.45, 2.75) is 45.8 Å². The Morgan fingerprint density at radius 2 is 1.80 bits per heavy atom. The largest absolute Gasteiger partial charge is 0.480 e. The van der Waals surface area contributed by atoms with Crippen molar-refractivity contribution < 1.29 is 19.8 Å². The van der Waals surface area contributed by atoms with Gasteiger partial charge in [0, 0.05) is 6.42 Å². The molecule has 3 N–H and O–H groups in total. The van der Waals surface area contributed by atoms with Gasteiger partial charge in [0.2, 0.25) is 5.91 Å². The number of aliphatic carboxylic acids is 1. The van der Waals surface area contributed by atoms with E-state index in [1.54, 1.807) is 0 Å². The molecule has 0 aromatic rings. The van der Waals surface area contributed by atoms with Crippen molar-refractivity contribution in [3.63, 3.8) is 0 Å². The molecule has 5 nitrogen and oxygen atoms in total. The first-order valence-corrected chi connectivity index (χ1v) is 5.04. The summed E-state index contributed by atoms with van der Waals surface area (Å²) in [4.78, 5) is 21.9. The molecule has 15 heavy (non-hydrogen) atoms. The van der Waals surface area contributed by atoms with Gasteiger partial charge in [0.05, 0.1) is 6.10 Å². The second kappa shape index (κ2) is 6.40. The monoisotopic (exact) mass is 217 g/mol. The van der Waals surface area contributed by atoms with Gasteiger partial charge in [-0.3, -0.25) is 4.79 Å². The first-order valence-electron chi connectivity index (χ1n) is 5.04. The number of aliphatic hydroxyl groups excluding tert-OH is 1. The Hall–Kier alpha value is -1.10. The van der Waals surface area contributed by atoms with E-state index in [0.717, 1.165) is 0 Å². The van der Waals surface area contributed by atoms with Crippen molar-refractivity contribution in [1.29, 1.82) is 0 Å². The number of carboxylic acids is 1. The zero-order valence-corrected chi connectivity index (χ0v) is 9.36. The van der Waals surface area contributed by atoms with Crippen LogP contribution in [0.1, 0.15) is 33.6 Å². The summed E-state index contributed by atoms with van der Waals surface area (Å²) in [5, 5.41) is 20.1. The Morgan fingerprint density at radius 3 is 2.13 bits per heavy atom. The average Bonchev–Trinajstić information content (AvgIpc) is 2.09. The summed E-state index contributed by atoms with van der Waals surface area (Å²) in [6.45, 7) is 5.30. The minimum atomic E-state index is -1.22. The van der Waals surface area contributed by atoms with Gasteiger partial charge >= 0.3 is 5.97 Å². The second-order valence-electron chi connectivity index (χ2n) is 4.06. The highest BCUT2D eigenvalue weighted by atomic mass is 16.4. The summed E-state index contributed by atoms with van der Waals surface area (Å²) in [7, 11) is 0. The van der Waals surface area contributed by atoms with Crippen LogP contribution < -0.4 is 5.32 Å². The van der Waals surface area contributed by atoms with Crippen molar-refractivity contribution in [2.24, 2.45) is 5.92 Å². The van der Waals surface area contributed by atoms with Crippen LogP contribution in [0.4, 0.5) is 0 Å². The third-order valence-corrected chi connectivity index (χ3v) is 2.01. The molecule has 0 aromatic heterocycles. The van der Waals surface area contributed by atoms with Gasteiger partial charge in [0.25, 0.3) is 0 Å². The van der Waals surface area contributed by atoms with Crippen molar-refractivity contribution in [1.82, 2.24) is 5.32 Å². The number of amides is 1. The lowest BCUT2D eigenvalue weighted by Gasteiger charge is -2.17. The highest BCUT2D eigenvalue weighted by molar-refractivity contribution is 5.83. The van der Waals surface area contributed by atoms with Crippen molar-refractivity contribution >= 4 is 11.9 Å². The lowest BCUT2D eigenvalue weighted by Crippen LogP contribution is -2.47. The summed E-state index contributed by atoms with van der Waals surface area (Å²) in [6.07, 6.45) is -0.0999. The van der Waals surface area contributed by atoms with Gasteiger partial charge < -0.3 is 15.5 Å². The summed E-state index contributed by atoms with van der Waals surface area (Å²) < 4.78 is 0. The van der Waals surface area contributed by atoms with Gasteiger partial charge in [-0.15, -0.1) is 0 Å². The van der Waals surface area contributed by atoms with Crippen molar-refractivity contribution in [3.05, 3.63) is 0 Å². The molecule has 0 radical (unpaired) electrons. The molecule has 5 heteroatoms. The fourth-order valence-corrected chi connectivity index (χ4v) is 1.05. The molecule has 1 amide bonds. The van der Waals surface area contributed by atoms with Crippen LogP contribution in [-0.2, 0) is 9.59 Å². The number of carbonyl (C=O) groups is 2. The molecule has 88 valence electrons. The van der Waals surface area contributed by atoms with E-state index in [2.05, 4.69) is 5.32 Å². The van der Waals surface area contributed by atoms with Gasteiger partial charge in [0.15, 0.2) is 6.04 Å². The minimum absolute atomic E-state index is 0.286. The first-order chi connectivity index (χ1) is 6.84. The summed E-state index contributed by atoms with van der Waals surface area (Å²) in [6, 6.07) is -1.22. The molecule has 0 spiro atoms. The van der Waals surface area contributed by atoms with Gasteiger partial charge in [-0.1, -0.05) is 13.8 Å². The predicted molar refractivity (Wildman–Crippen MR) is 55.3 cm³/mol. The van der Waals surface area contributed by atoms with Crippen LogP contribution >= 0.6 is 0 Å². The molecule has 0 aliphatic carbocycles. The first kappa shape index (κ1) is 13.9. The van der Waals surface area contributed by atoms with E-state index in [1.807, 2.05) is 13.8 Å². The van der Waals surface area contributed by atoms with Crippen LogP contribution in [0.2, 0.25) is 0 Å². The van der Waals surface area contributed by atoms with Gasteiger partial charge in [-0.2, -0.15) is 0 Å². The quantitative estimate of drug-likeness (QED) is 0.600. The zero-order valence-electron chi connectivity index (χ0n) is 9.36. The standard InChI is InChI=1S/C10H19NO4/c1-6(2)4-5-8(13)11-9(7(3)12)10(14)15/h6-7,9,12H,4-5H2,1-3H3,(H,11,13)(H,14,15). The number of rotatable bonds is 6. The Balaban J connectivity index is 4.07. The van der Waals surface area contributed by atoms with Crippen LogP contribution in [-0.4, -0.2) is 34.2 Å². The van der Waals surface area contributed by atoms with Crippen molar-refractivity contribution in [2.75, 3.05) is 0 Å². The third-order valence-electron chi connectivity index (χ3n) is 2.01. The number of hydrogen-bond donors (Lipinski definition) is 3. The fraction of sp³-hybridized carbons (Fsp3) is 0.800. The lowest BCUT2D eigenvalue weighted by molar-refractivity contribution is -0.144. The summed E-state index contributed by atoms with van der Waals surface area (Å²) in [5.74, 6) is -1.16. The van der Waals surface area contributed by atoms with E-state index < -0.39 is 18.1 Å². The van der Waals surface area contributed by atoms with Crippen LogP contribution in [0.3, 0.4) is 0 Å². The van der Waals surface area contributed by atoms with Gasteiger partial charge in [-0.25, -0.2) is 4.79 Å². The molecule has 2 atom stereocenters. The topological polar surface area (TPSA) is 86.6 Å². The molecule has 0 rings (SSSR count). The molecule has 0 aromatic carbocycles. The number of carbonyl (C=O) groups excluding carboxylic acids is 1. The number of nitrogens with one attached hydrogen (secondary N) is 1. The van der Waals surface area contributed by atoms with Crippen molar-refractivity contribution in [3.8, 4) is 0 Å². The Bertz CT molecular complexity index is 225.